The van der Waals surface area contributed by atoms with E-state index in [2.05, 4.69) is 34.3 Å². The number of aromatic nitrogens is 1. The molecule has 0 radical (unpaired) electrons. The zero-order valence-electron chi connectivity index (χ0n) is 23.2. The molecule has 0 bridgehead atoms. The van der Waals surface area contributed by atoms with E-state index >= 15 is 0 Å². The van der Waals surface area contributed by atoms with Crippen LogP contribution in [0.4, 0.5) is 0 Å². The Morgan fingerprint density at radius 2 is 1.76 bits per heavy atom. The molecule has 0 unspecified atom stereocenters. The molecule has 0 saturated carbocycles. The Bertz CT molecular complexity index is 1600. The van der Waals surface area contributed by atoms with Crippen LogP contribution in [-0.2, 0) is 16.4 Å². The molecular weight excluding hydrogens is 562 g/mol. The lowest BCUT2D eigenvalue weighted by molar-refractivity contribution is 0.0982. The summed E-state index contributed by atoms with van der Waals surface area (Å²) in [4.78, 5) is 12.9. The van der Waals surface area contributed by atoms with Crippen molar-refractivity contribution in [3.05, 3.63) is 94.6 Å². The lowest BCUT2D eigenvalue weighted by Crippen LogP contribution is -2.32. The minimum Gasteiger partial charge on any atom is -0.396 e. The Morgan fingerprint density at radius 3 is 2.44 bits per heavy atom. The van der Waals surface area contributed by atoms with E-state index in [1.54, 1.807) is 18.3 Å². The number of hydrogen-bond acceptors (Lipinski definition) is 6. The van der Waals surface area contributed by atoms with Gasteiger partial charge in [-0.25, -0.2) is 13.1 Å². The number of benzene rings is 3. The normalized spacial score (nSPS) is 12.6. The third-order valence-electron chi connectivity index (χ3n) is 6.90. The SMILES string of the molecule is CC(C)n1cc(C(=O)NS(=O)(=O)CCCO)c2ccc(-c3ccc(CCNC[C@@H](O)c4cccc(Cl)c4)cc3)cc21. The van der Waals surface area contributed by atoms with Crippen LogP contribution in [0.3, 0.4) is 0 Å². The molecule has 0 fully saturated rings. The average molecular weight is 598 g/mol. The highest BCUT2D eigenvalue weighted by molar-refractivity contribution is 7.90. The number of halogens is 1. The van der Waals surface area contributed by atoms with Gasteiger partial charge in [0.1, 0.15) is 0 Å². The van der Waals surface area contributed by atoms with E-state index in [9.17, 15) is 18.3 Å². The molecule has 1 aromatic heterocycles. The van der Waals surface area contributed by atoms with Crippen molar-refractivity contribution in [2.45, 2.75) is 38.8 Å². The van der Waals surface area contributed by atoms with Gasteiger partial charge in [-0.1, -0.05) is 60.1 Å². The third-order valence-corrected chi connectivity index (χ3v) is 8.46. The lowest BCUT2D eigenvalue weighted by atomic mass is 10.0. The third kappa shape index (κ3) is 7.96. The maximum absolute atomic E-state index is 12.9. The topological polar surface area (TPSA) is 121 Å². The van der Waals surface area contributed by atoms with Crippen molar-refractivity contribution >= 4 is 38.4 Å². The van der Waals surface area contributed by atoms with Crippen LogP contribution in [0, 0.1) is 0 Å². The Morgan fingerprint density at radius 1 is 1.02 bits per heavy atom. The van der Waals surface area contributed by atoms with Gasteiger partial charge in [0.05, 0.1) is 17.4 Å². The summed E-state index contributed by atoms with van der Waals surface area (Å²) < 4.78 is 28.6. The van der Waals surface area contributed by atoms with Gasteiger partial charge in [0.2, 0.25) is 10.0 Å². The van der Waals surface area contributed by atoms with Gasteiger partial charge in [0.25, 0.3) is 5.91 Å². The first-order chi connectivity index (χ1) is 19.6. The lowest BCUT2D eigenvalue weighted by Gasteiger charge is -2.13. The van der Waals surface area contributed by atoms with Crippen LogP contribution in [0.5, 0.6) is 0 Å². The second-order valence-electron chi connectivity index (χ2n) is 10.3. The quantitative estimate of drug-likeness (QED) is 0.164. The molecule has 8 nitrogen and oxygen atoms in total. The van der Waals surface area contributed by atoms with E-state index in [0.29, 0.717) is 23.5 Å². The fourth-order valence-electron chi connectivity index (χ4n) is 4.71. The molecule has 4 rings (SSSR count). The summed E-state index contributed by atoms with van der Waals surface area (Å²) >= 11 is 6.01. The number of rotatable bonds is 13. The number of fused-ring (bicyclic) bond motifs is 1. The number of amides is 1. The predicted octanol–water partition coefficient (Wildman–Crippen LogP) is 4.85. The molecule has 3 aromatic carbocycles. The number of aliphatic hydroxyl groups excluding tert-OH is 2. The molecule has 0 spiro atoms. The summed E-state index contributed by atoms with van der Waals surface area (Å²) in [5.41, 5.74) is 5.07. The van der Waals surface area contributed by atoms with Crippen molar-refractivity contribution in [2.24, 2.45) is 0 Å². The Labute approximate surface area is 246 Å². The molecule has 1 heterocycles. The number of sulfonamides is 1. The van der Waals surface area contributed by atoms with Crippen molar-refractivity contribution in [1.82, 2.24) is 14.6 Å². The Balaban J connectivity index is 1.44. The molecule has 0 aliphatic rings. The van der Waals surface area contributed by atoms with Gasteiger partial charge in [-0.3, -0.25) is 4.79 Å². The molecule has 218 valence electrons. The molecule has 1 atom stereocenters. The molecule has 0 aliphatic heterocycles. The summed E-state index contributed by atoms with van der Waals surface area (Å²) in [6.45, 7) is 4.89. The van der Waals surface area contributed by atoms with Crippen molar-refractivity contribution < 1.29 is 23.4 Å². The standard InChI is InChI=1S/C31H36ClN3O5S/c1-21(2)35-20-28(31(38)34-41(39,40)16-4-15-36)27-12-11-24(18-29(27)35)23-9-7-22(8-10-23)13-14-33-19-30(37)25-5-3-6-26(32)17-25/h3,5-12,17-18,20-21,30,33,36-37H,4,13-16,19H2,1-2H3,(H,34,38)/t30-/m1/s1. The number of nitrogens with zero attached hydrogens (tertiary/aromatic N) is 1. The van der Waals surface area contributed by atoms with Crippen molar-refractivity contribution in [3.8, 4) is 11.1 Å². The summed E-state index contributed by atoms with van der Waals surface area (Å²) in [7, 11) is -3.84. The number of carbonyl (C=O) groups is 1. The summed E-state index contributed by atoms with van der Waals surface area (Å²) in [5, 5.41) is 23.9. The first-order valence-electron chi connectivity index (χ1n) is 13.6. The molecule has 0 saturated heterocycles. The first kappa shape index (κ1) is 30.7. The molecule has 0 aliphatic carbocycles. The minimum absolute atomic E-state index is 0.0487. The van der Waals surface area contributed by atoms with E-state index in [1.165, 1.54) is 0 Å². The second kappa shape index (κ2) is 13.6. The molecule has 41 heavy (non-hydrogen) atoms. The highest BCUT2D eigenvalue weighted by Gasteiger charge is 2.21. The van der Waals surface area contributed by atoms with E-state index < -0.39 is 22.0 Å². The van der Waals surface area contributed by atoms with Gasteiger partial charge in [0, 0.05) is 41.3 Å². The summed E-state index contributed by atoms with van der Waals surface area (Å²) in [5.74, 6) is -1.00. The average Bonchev–Trinajstić information content (AvgIpc) is 3.34. The summed E-state index contributed by atoms with van der Waals surface area (Å²) in [6, 6.07) is 21.3. The maximum atomic E-state index is 12.9. The van der Waals surface area contributed by atoms with Gasteiger partial charge in [-0.2, -0.15) is 0 Å². The predicted molar refractivity (Wildman–Crippen MR) is 164 cm³/mol. The van der Waals surface area contributed by atoms with Gasteiger partial charge in [0.15, 0.2) is 0 Å². The van der Waals surface area contributed by atoms with Gasteiger partial charge in [-0.15, -0.1) is 0 Å². The smallest absolute Gasteiger partial charge is 0.266 e. The zero-order chi connectivity index (χ0) is 29.6. The van der Waals surface area contributed by atoms with Crippen LogP contribution >= 0.6 is 11.6 Å². The van der Waals surface area contributed by atoms with Crippen molar-refractivity contribution in [3.63, 3.8) is 0 Å². The van der Waals surface area contributed by atoms with Gasteiger partial charge < -0.3 is 20.1 Å². The Kier molecular flexibility index (Phi) is 10.2. The monoisotopic (exact) mass is 597 g/mol. The van der Waals surface area contributed by atoms with Crippen LogP contribution in [0.25, 0.3) is 22.0 Å². The van der Waals surface area contributed by atoms with Crippen molar-refractivity contribution in [2.75, 3.05) is 25.4 Å². The largest absolute Gasteiger partial charge is 0.396 e. The molecule has 4 aromatic rings. The fourth-order valence-corrected chi connectivity index (χ4v) is 5.91. The van der Waals surface area contributed by atoms with Crippen LogP contribution in [0.1, 0.15) is 53.9 Å². The van der Waals surface area contributed by atoms with Crippen LogP contribution in [-0.4, -0.2) is 54.6 Å². The van der Waals surface area contributed by atoms with E-state index in [1.807, 2.05) is 48.7 Å². The van der Waals surface area contributed by atoms with Gasteiger partial charge >= 0.3 is 0 Å². The fraction of sp³-hybridized carbons (Fsp3) is 0.323. The van der Waals surface area contributed by atoms with E-state index in [-0.39, 0.29) is 30.4 Å². The van der Waals surface area contributed by atoms with E-state index in [0.717, 1.165) is 34.2 Å². The molecule has 4 N–H and O–H groups in total. The van der Waals surface area contributed by atoms with Gasteiger partial charge in [-0.05, 0) is 73.7 Å². The van der Waals surface area contributed by atoms with E-state index in [4.69, 9.17) is 16.7 Å². The highest BCUT2D eigenvalue weighted by Crippen LogP contribution is 2.30. The van der Waals surface area contributed by atoms with Crippen LogP contribution in [0.2, 0.25) is 5.02 Å². The van der Waals surface area contributed by atoms with Crippen molar-refractivity contribution in [1.29, 1.82) is 0 Å². The minimum atomic E-state index is -3.84. The first-order valence-corrected chi connectivity index (χ1v) is 15.6. The highest BCUT2D eigenvalue weighted by atomic mass is 35.5. The second-order valence-corrected chi connectivity index (χ2v) is 12.6. The molecule has 1 amide bonds. The number of hydrogen-bond donors (Lipinski definition) is 4. The Hall–Kier alpha value is -3.21. The number of nitrogens with one attached hydrogen (secondary N) is 2. The van der Waals surface area contributed by atoms with Crippen LogP contribution in [0.15, 0.2) is 72.9 Å². The molecule has 10 heteroatoms. The number of aliphatic hydroxyl groups is 2. The summed E-state index contributed by atoms with van der Waals surface area (Å²) in [6.07, 6.45) is 1.92. The molecular formula is C31H36ClN3O5S. The number of carbonyl (C=O) groups excluding carboxylic acids is 1. The van der Waals surface area contributed by atoms with Crippen LogP contribution < -0.4 is 10.0 Å². The zero-order valence-corrected chi connectivity index (χ0v) is 24.8. The maximum Gasteiger partial charge on any atom is 0.266 e.